The van der Waals surface area contributed by atoms with E-state index >= 15 is 0 Å². The molecule has 0 radical (unpaired) electrons. The van der Waals surface area contributed by atoms with Gasteiger partial charge in [-0.15, -0.1) is 0 Å². The van der Waals surface area contributed by atoms with Gasteiger partial charge in [-0.25, -0.2) is 0 Å². The largest absolute Gasteiger partial charge is 0.387 e. The van der Waals surface area contributed by atoms with Gasteiger partial charge in [-0.05, 0) is 24.2 Å². The summed E-state index contributed by atoms with van der Waals surface area (Å²) in [5.41, 5.74) is 1.06. The fourth-order valence-electron chi connectivity index (χ4n) is 1.72. The van der Waals surface area contributed by atoms with E-state index in [-0.39, 0.29) is 6.10 Å². The highest BCUT2D eigenvalue weighted by molar-refractivity contribution is 8.00. The van der Waals surface area contributed by atoms with Crippen molar-refractivity contribution in [3.8, 4) is 0 Å². The predicted molar refractivity (Wildman–Crippen MR) is 56.9 cm³/mol. The van der Waals surface area contributed by atoms with Crippen LogP contribution in [0.1, 0.15) is 24.5 Å². The van der Waals surface area contributed by atoms with Gasteiger partial charge in [0.15, 0.2) is 0 Å². The Morgan fingerprint density at radius 3 is 2.69 bits per heavy atom. The van der Waals surface area contributed by atoms with Gasteiger partial charge in [0, 0.05) is 5.25 Å². The fraction of sp³-hybridized carbons (Fsp3) is 0.455. The van der Waals surface area contributed by atoms with E-state index < -0.39 is 0 Å². The molecule has 70 valence electrons. The molecule has 0 aliphatic carbocycles. The Kier molecular flexibility index (Phi) is 2.91. The zero-order valence-electron chi connectivity index (χ0n) is 7.52. The van der Waals surface area contributed by atoms with Crippen molar-refractivity contribution in [1.29, 1.82) is 0 Å². The molecule has 1 N–H and O–H groups in total. The van der Waals surface area contributed by atoms with E-state index in [0.29, 0.717) is 5.25 Å². The van der Waals surface area contributed by atoms with Crippen LogP contribution in [0.5, 0.6) is 0 Å². The fourth-order valence-corrected chi connectivity index (χ4v) is 3.03. The Morgan fingerprint density at radius 1 is 1.31 bits per heavy atom. The molecule has 0 bridgehead atoms. The second-order valence-corrected chi connectivity index (χ2v) is 4.75. The second-order valence-electron chi connectivity index (χ2n) is 3.41. The summed E-state index contributed by atoms with van der Waals surface area (Å²) in [7, 11) is 0. The molecule has 1 aliphatic heterocycles. The molecule has 2 rings (SSSR count). The summed E-state index contributed by atoms with van der Waals surface area (Å²) in [6.07, 6.45) is 2.13. The summed E-state index contributed by atoms with van der Waals surface area (Å²) in [4.78, 5) is 0. The van der Waals surface area contributed by atoms with E-state index in [1.165, 1.54) is 12.2 Å². The third-order valence-electron chi connectivity index (χ3n) is 2.46. The number of hydrogen-bond donors (Lipinski definition) is 1. The Hall–Kier alpha value is -0.470. The van der Waals surface area contributed by atoms with Crippen molar-refractivity contribution in [3.63, 3.8) is 0 Å². The molecule has 0 amide bonds. The molecule has 1 aromatic rings. The molecule has 1 aliphatic rings. The smallest absolute Gasteiger partial charge is 0.0908 e. The Balaban J connectivity index is 2.08. The lowest BCUT2D eigenvalue weighted by atomic mass is 10.0. The van der Waals surface area contributed by atoms with Crippen molar-refractivity contribution in [2.24, 2.45) is 0 Å². The first-order valence-corrected chi connectivity index (χ1v) is 5.77. The molecule has 1 aromatic carbocycles. The van der Waals surface area contributed by atoms with Crippen molar-refractivity contribution in [3.05, 3.63) is 35.9 Å². The Bertz CT molecular complexity index is 254. The van der Waals surface area contributed by atoms with Gasteiger partial charge in [0.2, 0.25) is 0 Å². The van der Waals surface area contributed by atoms with E-state index in [4.69, 9.17) is 0 Å². The van der Waals surface area contributed by atoms with Crippen LogP contribution in [0.4, 0.5) is 0 Å². The van der Waals surface area contributed by atoms with Gasteiger partial charge in [-0.1, -0.05) is 30.3 Å². The first-order chi connectivity index (χ1) is 6.38. The van der Waals surface area contributed by atoms with Crippen LogP contribution in [-0.2, 0) is 0 Å². The van der Waals surface area contributed by atoms with Crippen molar-refractivity contribution in [2.45, 2.75) is 24.2 Å². The average Bonchev–Trinajstić information content (AvgIpc) is 2.71. The lowest BCUT2D eigenvalue weighted by Crippen LogP contribution is -2.11. The van der Waals surface area contributed by atoms with Crippen LogP contribution in [0, 0.1) is 0 Å². The lowest BCUT2D eigenvalue weighted by Gasteiger charge is -2.16. The summed E-state index contributed by atoms with van der Waals surface area (Å²) < 4.78 is 0. The predicted octanol–water partition coefficient (Wildman–Crippen LogP) is 2.62. The van der Waals surface area contributed by atoms with Crippen LogP contribution in [0.3, 0.4) is 0 Å². The van der Waals surface area contributed by atoms with E-state index in [2.05, 4.69) is 0 Å². The topological polar surface area (TPSA) is 20.2 Å². The molecule has 1 fully saturated rings. The molecule has 1 saturated heterocycles. The summed E-state index contributed by atoms with van der Waals surface area (Å²) in [5, 5.41) is 10.4. The Morgan fingerprint density at radius 2 is 2.08 bits per heavy atom. The van der Waals surface area contributed by atoms with Gasteiger partial charge in [0.05, 0.1) is 6.10 Å². The zero-order valence-corrected chi connectivity index (χ0v) is 8.33. The van der Waals surface area contributed by atoms with Crippen LogP contribution >= 0.6 is 11.8 Å². The van der Waals surface area contributed by atoms with Gasteiger partial charge in [-0.2, -0.15) is 11.8 Å². The molecule has 1 heterocycles. The van der Waals surface area contributed by atoms with Crippen molar-refractivity contribution in [1.82, 2.24) is 0 Å². The number of rotatable bonds is 2. The standard InChI is InChI=1S/C11H14OS/c12-11(10-7-4-8-13-10)9-5-2-1-3-6-9/h1-3,5-6,10-12H,4,7-8H2/t10-,11+/m1/s1. The first-order valence-electron chi connectivity index (χ1n) is 4.72. The minimum absolute atomic E-state index is 0.270. The molecular weight excluding hydrogens is 180 g/mol. The number of thioether (sulfide) groups is 1. The highest BCUT2D eigenvalue weighted by Gasteiger charge is 2.24. The molecule has 0 saturated carbocycles. The third-order valence-corrected chi connectivity index (χ3v) is 3.90. The van der Waals surface area contributed by atoms with E-state index in [0.717, 1.165) is 12.0 Å². The highest BCUT2D eigenvalue weighted by atomic mass is 32.2. The number of aliphatic hydroxyl groups excluding tert-OH is 1. The van der Waals surface area contributed by atoms with E-state index in [9.17, 15) is 5.11 Å². The summed E-state index contributed by atoms with van der Waals surface area (Å²) >= 11 is 1.90. The number of benzene rings is 1. The van der Waals surface area contributed by atoms with E-state index in [1.54, 1.807) is 0 Å². The minimum atomic E-state index is -0.270. The molecule has 13 heavy (non-hydrogen) atoms. The van der Waals surface area contributed by atoms with E-state index in [1.807, 2.05) is 42.1 Å². The molecule has 0 aromatic heterocycles. The zero-order chi connectivity index (χ0) is 9.10. The third kappa shape index (κ3) is 2.06. The minimum Gasteiger partial charge on any atom is -0.387 e. The van der Waals surface area contributed by atoms with Gasteiger partial charge in [0.25, 0.3) is 0 Å². The van der Waals surface area contributed by atoms with Gasteiger partial charge < -0.3 is 5.11 Å². The quantitative estimate of drug-likeness (QED) is 0.781. The number of aliphatic hydroxyl groups is 1. The second kappa shape index (κ2) is 4.16. The first kappa shape index (κ1) is 9.10. The van der Waals surface area contributed by atoms with Crippen LogP contribution in [0.2, 0.25) is 0 Å². The monoisotopic (exact) mass is 194 g/mol. The van der Waals surface area contributed by atoms with Crippen LogP contribution in [0.25, 0.3) is 0 Å². The maximum absolute atomic E-state index is 10.00. The summed E-state index contributed by atoms with van der Waals surface area (Å²) in [6.45, 7) is 0. The average molecular weight is 194 g/mol. The van der Waals surface area contributed by atoms with Crippen LogP contribution < -0.4 is 0 Å². The molecule has 2 heteroatoms. The van der Waals surface area contributed by atoms with Crippen molar-refractivity contribution in [2.75, 3.05) is 5.75 Å². The summed E-state index contributed by atoms with van der Waals surface area (Å²) in [5.74, 6) is 1.20. The maximum atomic E-state index is 10.00. The molecule has 0 spiro atoms. The molecule has 2 atom stereocenters. The normalized spacial score (nSPS) is 24.5. The van der Waals surface area contributed by atoms with Gasteiger partial charge >= 0.3 is 0 Å². The van der Waals surface area contributed by atoms with Crippen LogP contribution in [0.15, 0.2) is 30.3 Å². The highest BCUT2D eigenvalue weighted by Crippen LogP contribution is 2.35. The van der Waals surface area contributed by atoms with Gasteiger partial charge in [-0.3, -0.25) is 0 Å². The molecular formula is C11H14OS. The summed E-state index contributed by atoms with van der Waals surface area (Å²) in [6, 6.07) is 9.96. The van der Waals surface area contributed by atoms with Crippen molar-refractivity contribution < 1.29 is 5.11 Å². The number of hydrogen-bond acceptors (Lipinski definition) is 2. The van der Waals surface area contributed by atoms with Gasteiger partial charge in [0.1, 0.15) is 0 Å². The lowest BCUT2D eigenvalue weighted by molar-refractivity contribution is 0.173. The molecule has 0 unspecified atom stereocenters. The Labute approximate surface area is 83.2 Å². The maximum Gasteiger partial charge on any atom is 0.0908 e. The van der Waals surface area contributed by atoms with Crippen LogP contribution in [-0.4, -0.2) is 16.1 Å². The molecule has 1 nitrogen and oxygen atoms in total. The SMILES string of the molecule is O[C@@H](c1ccccc1)[C@H]1CCCS1. The van der Waals surface area contributed by atoms with Crippen molar-refractivity contribution >= 4 is 11.8 Å².